The predicted octanol–water partition coefficient (Wildman–Crippen LogP) is 11.4. The zero-order chi connectivity index (χ0) is 50.4. The molecule has 69 heavy (non-hydrogen) atoms. The van der Waals surface area contributed by atoms with Crippen LogP contribution in [0.15, 0.2) is 30.5 Å². The van der Waals surface area contributed by atoms with Crippen LogP contribution in [0.1, 0.15) is 219 Å². The summed E-state index contributed by atoms with van der Waals surface area (Å²) in [4.78, 5) is 66.4. The van der Waals surface area contributed by atoms with Gasteiger partial charge in [-0.15, -0.1) is 0 Å². The Morgan fingerprint density at radius 3 is 1.72 bits per heavy atom. The highest BCUT2D eigenvalue weighted by molar-refractivity contribution is 7.47. The van der Waals surface area contributed by atoms with Crippen LogP contribution >= 0.6 is 7.82 Å². The molecule has 4 amide bonds. The lowest BCUT2D eigenvalue weighted by atomic mass is 9.98. The van der Waals surface area contributed by atoms with Crippen LogP contribution in [0.3, 0.4) is 0 Å². The summed E-state index contributed by atoms with van der Waals surface area (Å²) in [6, 6.07) is 5.54. The second-order valence-corrected chi connectivity index (χ2v) is 20.8. The van der Waals surface area contributed by atoms with Crippen LogP contribution in [0.4, 0.5) is 0 Å². The molecule has 396 valence electrons. The smallest absolute Gasteiger partial charge is 0.393 e. The monoisotopic (exact) mass is 990 g/mol. The lowest BCUT2D eigenvalue weighted by molar-refractivity contribution is -0.130. The van der Waals surface area contributed by atoms with E-state index >= 15 is 0 Å². The number of aliphatic hydroxyl groups excluding tert-OH is 1. The number of aromatic nitrogens is 1. The van der Waals surface area contributed by atoms with E-state index in [0.29, 0.717) is 25.7 Å². The van der Waals surface area contributed by atoms with Gasteiger partial charge in [-0.3, -0.25) is 28.2 Å². The molecule has 0 aliphatic carbocycles. The molecule has 2 rings (SSSR count). The summed E-state index contributed by atoms with van der Waals surface area (Å²) < 4.78 is 23.3. The normalized spacial score (nSPS) is 14.2. The Balaban J connectivity index is 1.79. The van der Waals surface area contributed by atoms with Crippen molar-refractivity contribution >= 4 is 42.4 Å². The number of para-hydroxylation sites is 1. The number of carbonyl (C=O) groups excluding carboxylic acids is 4. The van der Waals surface area contributed by atoms with Crippen LogP contribution in [-0.4, -0.2) is 83.1 Å². The number of aliphatic hydroxyl groups is 1. The highest BCUT2D eigenvalue weighted by Gasteiger charge is 2.29. The van der Waals surface area contributed by atoms with Crippen LogP contribution in [0.25, 0.3) is 10.9 Å². The Labute approximate surface area is 416 Å². The van der Waals surface area contributed by atoms with Crippen LogP contribution in [0.2, 0.25) is 0 Å². The lowest BCUT2D eigenvalue weighted by Crippen LogP contribution is -2.51. The van der Waals surface area contributed by atoms with E-state index in [4.69, 9.17) is 9.05 Å². The highest BCUT2D eigenvalue weighted by Crippen LogP contribution is 2.43. The van der Waals surface area contributed by atoms with E-state index in [1.54, 1.807) is 6.20 Å². The molecule has 0 aliphatic heterocycles. The van der Waals surface area contributed by atoms with Crippen LogP contribution in [-0.2, 0) is 39.2 Å². The molecule has 14 nitrogen and oxygen atoms in total. The van der Waals surface area contributed by atoms with Gasteiger partial charge in [0.15, 0.2) is 0 Å². The molecular formula is C54H96N5O9P. The predicted molar refractivity (Wildman–Crippen MR) is 280 cm³/mol. The molecule has 0 aliphatic rings. The Morgan fingerprint density at radius 1 is 0.638 bits per heavy atom. The molecule has 7 N–H and O–H groups in total. The van der Waals surface area contributed by atoms with Gasteiger partial charge in [0.2, 0.25) is 23.6 Å². The van der Waals surface area contributed by atoms with Crippen molar-refractivity contribution in [1.29, 1.82) is 0 Å². The van der Waals surface area contributed by atoms with Crippen molar-refractivity contribution < 1.29 is 42.8 Å². The Hall–Kier alpha value is -3.29. The van der Waals surface area contributed by atoms with E-state index in [1.807, 2.05) is 38.1 Å². The first kappa shape index (κ1) is 61.8. The first-order chi connectivity index (χ1) is 33.4. The van der Waals surface area contributed by atoms with Crippen molar-refractivity contribution in [2.75, 3.05) is 26.3 Å². The first-order valence-corrected chi connectivity index (χ1v) is 28.9. The lowest BCUT2D eigenvalue weighted by Gasteiger charge is -2.24. The third-order valence-electron chi connectivity index (χ3n) is 13.2. The minimum atomic E-state index is -4.73. The number of phosphoric ester groups is 1. The first-order valence-electron chi connectivity index (χ1n) is 27.4. The molecule has 1 heterocycles. The van der Waals surface area contributed by atoms with Crippen molar-refractivity contribution in [1.82, 2.24) is 26.3 Å². The third-order valence-corrected chi connectivity index (χ3v) is 14.2. The zero-order valence-corrected chi connectivity index (χ0v) is 44.3. The molecule has 0 saturated carbocycles. The number of hydrogen-bond donors (Lipinski definition) is 7. The summed E-state index contributed by atoms with van der Waals surface area (Å²) in [5.74, 6) is -1.94. The van der Waals surface area contributed by atoms with Crippen LogP contribution in [0.5, 0.6) is 0 Å². The molecule has 1 aromatic heterocycles. The average molecular weight is 990 g/mol. The van der Waals surface area contributed by atoms with Crippen LogP contribution < -0.4 is 21.3 Å². The molecule has 5 atom stereocenters. The van der Waals surface area contributed by atoms with E-state index < -0.39 is 51.0 Å². The van der Waals surface area contributed by atoms with Gasteiger partial charge in [-0.05, 0) is 36.8 Å². The molecular weight excluding hydrogens is 894 g/mol. The zero-order valence-electron chi connectivity index (χ0n) is 43.4. The molecule has 2 aromatic rings. The Morgan fingerprint density at radius 2 is 1.16 bits per heavy atom. The number of hydrogen-bond acceptors (Lipinski definition) is 8. The molecule has 15 heteroatoms. The molecule has 0 fully saturated rings. The number of benzene rings is 1. The molecule has 0 saturated heterocycles. The standard InChI is InChI=1S/C54H96N5O9P/c1-5-8-10-12-14-16-17-18-19-20-21-22-23-24-26-28-30-36-50(61)58-49(53(63)55-38-37-46(60)33-29-27-25-15-13-11-9-6-2)43-68-69(65,66)67-40-39-56-54(64)52(44(4)7-3)59-51(62)41-45-42-57-48-35-32-31-34-47(45)48/h31-32,34-35,42,44,46,49,52,57,60H,5-30,33,36-41,43H2,1-4H3,(H,55,63)(H,56,64)(H,58,61)(H,59,62)(H,65,66)/t44-,46?,49-,52-/m0/s1. The third kappa shape index (κ3) is 30.3. The fourth-order valence-electron chi connectivity index (χ4n) is 8.63. The van der Waals surface area contributed by atoms with Crippen molar-refractivity contribution in [3.05, 3.63) is 36.0 Å². The van der Waals surface area contributed by atoms with Crippen molar-refractivity contribution in [2.45, 2.75) is 239 Å². The van der Waals surface area contributed by atoms with E-state index in [-0.39, 0.29) is 43.7 Å². The molecule has 0 bridgehead atoms. The largest absolute Gasteiger partial charge is 0.472 e. The molecule has 1 aromatic carbocycles. The maximum Gasteiger partial charge on any atom is 0.472 e. The second-order valence-electron chi connectivity index (χ2n) is 19.4. The maximum atomic E-state index is 13.3. The summed E-state index contributed by atoms with van der Waals surface area (Å²) in [7, 11) is -4.73. The minimum Gasteiger partial charge on any atom is -0.393 e. The number of amides is 4. The number of nitrogens with one attached hydrogen (secondary N) is 5. The van der Waals surface area contributed by atoms with E-state index in [2.05, 4.69) is 40.1 Å². The molecule has 0 radical (unpaired) electrons. The van der Waals surface area contributed by atoms with Gasteiger partial charge in [0.25, 0.3) is 0 Å². The van der Waals surface area contributed by atoms with Gasteiger partial charge >= 0.3 is 7.82 Å². The van der Waals surface area contributed by atoms with Crippen molar-refractivity contribution in [3.8, 4) is 0 Å². The van der Waals surface area contributed by atoms with Crippen LogP contribution in [0, 0.1) is 5.92 Å². The quantitative estimate of drug-likeness (QED) is 0.0248. The van der Waals surface area contributed by atoms with Gasteiger partial charge in [-0.25, -0.2) is 4.57 Å². The topological polar surface area (TPSA) is 208 Å². The number of H-pyrrole nitrogens is 1. The van der Waals surface area contributed by atoms with E-state index in [0.717, 1.165) is 55.0 Å². The number of carbonyl (C=O) groups is 4. The second kappa shape index (κ2) is 39.3. The summed E-state index contributed by atoms with van der Waals surface area (Å²) >= 11 is 0. The summed E-state index contributed by atoms with van der Waals surface area (Å²) in [6.45, 7) is 7.22. The Bertz CT molecular complexity index is 1710. The van der Waals surface area contributed by atoms with Crippen molar-refractivity contribution in [2.24, 2.45) is 5.92 Å². The molecule has 0 spiro atoms. The fourth-order valence-corrected chi connectivity index (χ4v) is 9.37. The van der Waals surface area contributed by atoms with E-state index in [1.165, 1.54) is 116 Å². The minimum absolute atomic E-state index is 0.0821. The number of rotatable bonds is 45. The number of unbranched alkanes of at least 4 members (excludes halogenated alkanes) is 23. The van der Waals surface area contributed by atoms with Gasteiger partial charge in [-0.2, -0.15) is 0 Å². The van der Waals surface area contributed by atoms with Gasteiger partial charge in [-0.1, -0.05) is 206 Å². The summed E-state index contributed by atoms with van der Waals surface area (Å²) in [6.07, 6.45) is 33.3. The molecule has 2 unspecified atom stereocenters. The van der Waals surface area contributed by atoms with Gasteiger partial charge < -0.3 is 36.3 Å². The summed E-state index contributed by atoms with van der Waals surface area (Å²) in [5.41, 5.74) is 1.73. The van der Waals surface area contributed by atoms with Gasteiger partial charge in [0.05, 0.1) is 25.7 Å². The number of phosphoric acid groups is 1. The summed E-state index contributed by atoms with van der Waals surface area (Å²) in [5, 5.41) is 22.4. The van der Waals surface area contributed by atoms with Gasteiger partial charge in [0, 0.05) is 36.6 Å². The maximum absolute atomic E-state index is 13.3. The Kier molecular flexibility index (Phi) is 35.3. The van der Waals surface area contributed by atoms with Crippen molar-refractivity contribution in [3.63, 3.8) is 0 Å². The number of aromatic amines is 1. The van der Waals surface area contributed by atoms with Gasteiger partial charge in [0.1, 0.15) is 12.1 Å². The highest BCUT2D eigenvalue weighted by atomic mass is 31.2. The van der Waals surface area contributed by atoms with E-state index in [9.17, 15) is 33.7 Å². The number of fused-ring (bicyclic) bond motifs is 1. The average Bonchev–Trinajstić information content (AvgIpc) is 3.74. The fraction of sp³-hybridized carbons (Fsp3) is 0.778. The SMILES string of the molecule is CCCCCCCCCCCCCCCCCCCC(=O)N[C@@H](COP(=O)(O)OCCNC(=O)[C@@H](NC(=O)Cc1c[nH]c2ccccc12)[C@@H](C)CC)C(=O)NCCC(O)CCCCCCCCCC.